The Kier molecular flexibility index (Phi) is 6.33. The van der Waals surface area contributed by atoms with Crippen LogP contribution in [0.4, 0.5) is 4.79 Å². The Labute approximate surface area is 127 Å². The first-order chi connectivity index (χ1) is 10.2. The Morgan fingerprint density at radius 3 is 2.14 bits per heavy atom. The van der Waals surface area contributed by atoms with E-state index in [9.17, 15) is 9.59 Å². The summed E-state index contributed by atoms with van der Waals surface area (Å²) in [5.74, 6) is -0.394. The first-order valence-electron chi connectivity index (χ1n) is 8.35. The first kappa shape index (κ1) is 16.1. The molecule has 120 valence electrons. The van der Waals surface area contributed by atoms with Crippen LogP contribution >= 0.6 is 0 Å². The summed E-state index contributed by atoms with van der Waals surface area (Å²) in [5, 5.41) is 6.08. The SMILES string of the molecule is COC(=O)[C@H]1CCCCC[C@@H]1NC(=O)NC1CCCCC1. The Balaban J connectivity index is 1.87. The molecule has 0 aromatic heterocycles. The number of nitrogens with one attached hydrogen (secondary N) is 2. The monoisotopic (exact) mass is 296 g/mol. The zero-order chi connectivity index (χ0) is 15.1. The zero-order valence-electron chi connectivity index (χ0n) is 13.0. The number of hydrogen-bond donors (Lipinski definition) is 2. The minimum absolute atomic E-state index is 0.0939. The molecule has 0 aromatic rings. The van der Waals surface area contributed by atoms with Gasteiger partial charge in [0.1, 0.15) is 0 Å². The molecule has 2 N–H and O–H groups in total. The van der Waals surface area contributed by atoms with Gasteiger partial charge in [-0.15, -0.1) is 0 Å². The molecule has 0 unspecified atom stereocenters. The highest BCUT2D eigenvalue weighted by Gasteiger charge is 2.31. The van der Waals surface area contributed by atoms with E-state index < -0.39 is 0 Å². The first-order valence-corrected chi connectivity index (χ1v) is 8.35. The lowest BCUT2D eigenvalue weighted by molar-refractivity contribution is -0.146. The third-order valence-corrected chi connectivity index (χ3v) is 4.78. The van der Waals surface area contributed by atoms with E-state index in [2.05, 4.69) is 10.6 Å². The Bertz CT molecular complexity index is 353. The summed E-state index contributed by atoms with van der Waals surface area (Å²) >= 11 is 0. The molecule has 0 heterocycles. The van der Waals surface area contributed by atoms with Gasteiger partial charge in [0, 0.05) is 12.1 Å². The molecule has 0 aliphatic heterocycles. The maximum absolute atomic E-state index is 12.2. The van der Waals surface area contributed by atoms with Crippen LogP contribution in [0.3, 0.4) is 0 Å². The van der Waals surface area contributed by atoms with Crippen molar-refractivity contribution in [3.63, 3.8) is 0 Å². The number of methoxy groups -OCH3 is 1. The van der Waals surface area contributed by atoms with Gasteiger partial charge in [-0.05, 0) is 25.7 Å². The predicted octanol–water partition coefficient (Wildman–Crippen LogP) is 2.74. The highest BCUT2D eigenvalue weighted by atomic mass is 16.5. The smallest absolute Gasteiger partial charge is 0.315 e. The molecule has 0 radical (unpaired) electrons. The van der Waals surface area contributed by atoms with E-state index in [1.807, 2.05) is 0 Å². The maximum Gasteiger partial charge on any atom is 0.315 e. The van der Waals surface area contributed by atoms with Gasteiger partial charge in [0.2, 0.25) is 0 Å². The molecule has 0 aromatic carbocycles. The molecule has 0 spiro atoms. The van der Waals surface area contributed by atoms with Crippen molar-refractivity contribution >= 4 is 12.0 Å². The van der Waals surface area contributed by atoms with Gasteiger partial charge in [0.25, 0.3) is 0 Å². The molecular formula is C16H28N2O3. The summed E-state index contributed by atoms with van der Waals surface area (Å²) in [6.07, 6.45) is 10.7. The van der Waals surface area contributed by atoms with Gasteiger partial charge in [0.15, 0.2) is 0 Å². The van der Waals surface area contributed by atoms with Crippen LogP contribution in [0, 0.1) is 5.92 Å². The molecule has 5 heteroatoms. The fourth-order valence-corrected chi connectivity index (χ4v) is 3.56. The number of esters is 1. The van der Waals surface area contributed by atoms with Crippen LogP contribution in [0.5, 0.6) is 0 Å². The summed E-state index contributed by atoms with van der Waals surface area (Å²) in [6.45, 7) is 0. The summed E-state index contributed by atoms with van der Waals surface area (Å²) in [5.41, 5.74) is 0. The third-order valence-electron chi connectivity index (χ3n) is 4.78. The normalized spacial score (nSPS) is 27.5. The van der Waals surface area contributed by atoms with Crippen LogP contribution in [0.25, 0.3) is 0 Å². The highest BCUT2D eigenvalue weighted by molar-refractivity contribution is 5.77. The molecule has 2 fully saturated rings. The number of rotatable bonds is 3. The van der Waals surface area contributed by atoms with Gasteiger partial charge in [0.05, 0.1) is 13.0 Å². The van der Waals surface area contributed by atoms with Crippen LogP contribution in [0.2, 0.25) is 0 Å². The van der Waals surface area contributed by atoms with Gasteiger partial charge in [-0.1, -0.05) is 38.5 Å². The second kappa shape index (κ2) is 8.25. The molecule has 2 aliphatic carbocycles. The van der Waals surface area contributed by atoms with Crippen LogP contribution in [-0.2, 0) is 9.53 Å². The average Bonchev–Trinajstić information content (AvgIpc) is 2.73. The number of carbonyl (C=O) groups is 2. The number of ether oxygens (including phenoxy) is 1. The quantitative estimate of drug-likeness (QED) is 0.621. The molecule has 2 saturated carbocycles. The third kappa shape index (κ3) is 4.90. The Morgan fingerprint density at radius 1 is 0.857 bits per heavy atom. The van der Waals surface area contributed by atoms with E-state index in [0.29, 0.717) is 6.04 Å². The lowest BCUT2D eigenvalue weighted by Crippen LogP contribution is -2.50. The fraction of sp³-hybridized carbons (Fsp3) is 0.875. The molecule has 2 amide bonds. The summed E-state index contributed by atoms with van der Waals surface area (Å²) in [7, 11) is 1.42. The van der Waals surface area contributed by atoms with Gasteiger partial charge in [-0.3, -0.25) is 4.79 Å². The van der Waals surface area contributed by atoms with Crippen molar-refractivity contribution in [2.75, 3.05) is 7.11 Å². The minimum atomic E-state index is -0.199. The fourth-order valence-electron chi connectivity index (χ4n) is 3.56. The Morgan fingerprint density at radius 2 is 1.48 bits per heavy atom. The largest absolute Gasteiger partial charge is 0.469 e. The second-order valence-corrected chi connectivity index (χ2v) is 6.33. The van der Waals surface area contributed by atoms with Crippen LogP contribution in [0.1, 0.15) is 64.2 Å². The number of hydrogen-bond acceptors (Lipinski definition) is 3. The number of amides is 2. The molecule has 0 saturated heterocycles. The van der Waals surface area contributed by atoms with Crippen LogP contribution in [0.15, 0.2) is 0 Å². The van der Waals surface area contributed by atoms with E-state index >= 15 is 0 Å². The van der Waals surface area contributed by atoms with Crippen LogP contribution < -0.4 is 10.6 Å². The molecule has 5 nitrogen and oxygen atoms in total. The van der Waals surface area contributed by atoms with Crippen molar-refractivity contribution in [1.82, 2.24) is 10.6 Å². The van der Waals surface area contributed by atoms with Crippen molar-refractivity contribution < 1.29 is 14.3 Å². The van der Waals surface area contributed by atoms with Crippen LogP contribution in [-0.4, -0.2) is 31.2 Å². The van der Waals surface area contributed by atoms with Crippen molar-refractivity contribution in [2.24, 2.45) is 5.92 Å². The zero-order valence-corrected chi connectivity index (χ0v) is 13.0. The van der Waals surface area contributed by atoms with Crippen molar-refractivity contribution in [3.8, 4) is 0 Å². The molecule has 2 rings (SSSR count). The summed E-state index contributed by atoms with van der Waals surface area (Å²) in [6, 6.07) is 0.0762. The van der Waals surface area contributed by atoms with Crippen molar-refractivity contribution in [1.29, 1.82) is 0 Å². The second-order valence-electron chi connectivity index (χ2n) is 6.33. The number of carbonyl (C=O) groups excluding carboxylic acids is 2. The lowest BCUT2D eigenvalue weighted by atomic mass is 9.94. The van der Waals surface area contributed by atoms with Gasteiger partial charge >= 0.3 is 12.0 Å². The van der Waals surface area contributed by atoms with E-state index in [-0.39, 0.29) is 24.0 Å². The lowest BCUT2D eigenvalue weighted by Gasteiger charge is -2.27. The topological polar surface area (TPSA) is 67.4 Å². The van der Waals surface area contributed by atoms with Gasteiger partial charge in [-0.25, -0.2) is 4.79 Å². The van der Waals surface area contributed by atoms with E-state index in [0.717, 1.165) is 44.9 Å². The van der Waals surface area contributed by atoms with Gasteiger partial charge in [-0.2, -0.15) is 0 Å². The minimum Gasteiger partial charge on any atom is -0.469 e. The summed E-state index contributed by atoms with van der Waals surface area (Å²) < 4.78 is 4.90. The number of urea groups is 1. The molecule has 0 bridgehead atoms. The highest BCUT2D eigenvalue weighted by Crippen LogP contribution is 2.25. The standard InChI is InChI=1S/C16H28N2O3/c1-21-15(19)13-10-6-3-7-11-14(13)18-16(20)17-12-8-4-2-5-9-12/h12-14H,2-11H2,1H3,(H2,17,18,20)/t13-,14-/m0/s1. The summed E-state index contributed by atoms with van der Waals surface area (Å²) in [4.78, 5) is 24.1. The average molecular weight is 296 g/mol. The molecular weight excluding hydrogens is 268 g/mol. The molecule has 21 heavy (non-hydrogen) atoms. The van der Waals surface area contributed by atoms with E-state index in [1.165, 1.54) is 26.4 Å². The van der Waals surface area contributed by atoms with Crippen molar-refractivity contribution in [3.05, 3.63) is 0 Å². The van der Waals surface area contributed by atoms with E-state index in [4.69, 9.17) is 4.74 Å². The van der Waals surface area contributed by atoms with E-state index in [1.54, 1.807) is 0 Å². The maximum atomic E-state index is 12.2. The predicted molar refractivity (Wildman–Crippen MR) is 80.9 cm³/mol. The Hall–Kier alpha value is -1.26. The molecule has 2 atom stereocenters. The van der Waals surface area contributed by atoms with Crippen molar-refractivity contribution in [2.45, 2.75) is 76.3 Å². The van der Waals surface area contributed by atoms with Gasteiger partial charge < -0.3 is 15.4 Å². The molecule has 2 aliphatic rings.